The van der Waals surface area contributed by atoms with Crippen LogP contribution in [0.25, 0.3) is 27.1 Å². The summed E-state index contributed by atoms with van der Waals surface area (Å²) in [5.41, 5.74) is 11.9. The second-order valence-corrected chi connectivity index (χ2v) is 8.55. The van der Waals surface area contributed by atoms with Crippen molar-refractivity contribution in [1.82, 2.24) is 0 Å². The van der Waals surface area contributed by atoms with Gasteiger partial charge in [-0.2, -0.15) is 0 Å². The summed E-state index contributed by atoms with van der Waals surface area (Å²) < 4.78 is 13.6. The molecule has 2 heteroatoms. The van der Waals surface area contributed by atoms with Gasteiger partial charge in [0.15, 0.2) is 5.69 Å². The van der Waals surface area contributed by atoms with E-state index in [1.807, 2.05) is 31.2 Å². The molecule has 0 unspecified atom stereocenters. The van der Waals surface area contributed by atoms with Crippen LogP contribution >= 0.6 is 0 Å². The van der Waals surface area contributed by atoms with Gasteiger partial charge in [-0.05, 0) is 95.8 Å². The van der Waals surface area contributed by atoms with Crippen molar-refractivity contribution in [2.45, 2.75) is 34.1 Å². The predicted octanol–water partition coefficient (Wildman–Crippen LogP) is 8.53. The summed E-state index contributed by atoms with van der Waals surface area (Å²) in [5, 5.41) is 0. The minimum atomic E-state index is -0.156. The lowest BCUT2D eigenvalue weighted by atomic mass is 9.92. The van der Waals surface area contributed by atoms with E-state index in [2.05, 4.69) is 61.2 Å². The maximum Gasteiger partial charge on any atom is 0.190 e. The Morgan fingerprint density at radius 1 is 0.625 bits per heavy atom. The van der Waals surface area contributed by atoms with Gasteiger partial charge in [-0.3, -0.25) is 0 Å². The third-order valence-corrected chi connectivity index (χ3v) is 6.09. The molecule has 0 aliphatic carbocycles. The third-order valence-electron chi connectivity index (χ3n) is 6.09. The molecule has 0 aliphatic heterocycles. The highest BCUT2D eigenvalue weighted by atomic mass is 19.1. The van der Waals surface area contributed by atoms with E-state index in [1.165, 1.54) is 33.4 Å². The summed E-state index contributed by atoms with van der Waals surface area (Å²) in [5.74, 6) is -0.156. The first-order chi connectivity index (χ1) is 15.4. The Balaban J connectivity index is 1.61. The lowest BCUT2D eigenvalue weighted by Crippen LogP contribution is -1.93. The van der Waals surface area contributed by atoms with E-state index in [9.17, 15) is 4.39 Å². The standard InChI is InChI=1S/C30H26FN/c1-19-14-23(18-24-7-12-29(31)21(3)15-24)6-10-27(19)25-8-11-28(20(2)16-25)26-9-13-30(32-5)22(4)17-26/h6-17H,18H2,1-4H3. The molecule has 0 amide bonds. The van der Waals surface area contributed by atoms with Gasteiger partial charge in [-0.1, -0.05) is 66.7 Å². The van der Waals surface area contributed by atoms with Crippen molar-refractivity contribution >= 4 is 5.69 Å². The summed E-state index contributed by atoms with van der Waals surface area (Å²) in [6.45, 7) is 15.3. The average Bonchev–Trinajstić information content (AvgIpc) is 2.76. The number of hydrogen-bond acceptors (Lipinski definition) is 0. The molecule has 0 spiro atoms. The van der Waals surface area contributed by atoms with Gasteiger partial charge in [-0.25, -0.2) is 9.24 Å². The monoisotopic (exact) mass is 419 g/mol. The molecule has 0 aromatic heterocycles. The fourth-order valence-electron chi connectivity index (χ4n) is 4.32. The quantitative estimate of drug-likeness (QED) is 0.292. The molecule has 0 heterocycles. The fraction of sp³-hybridized carbons (Fsp3) is 0.167. The maximum atomic E-state index is 13.6. The molecular formula is C30H26FN. The number of hydrogen-bond donors (Lipinski definition) is 0. The van der Waals surface area contributed by atoms with Crippen molar-refractivity contribution < 1.29 is 4.39 Å². The third kappa shape index (κ3) is 4.34. The number of halogens is 1. The van der Waals surface area contributed by atoms with Gasteiger partial charge in [0.05, 0.1) is 6.57 Å². The summed E-state index contributed by atoms with van der Waals surface area (Å²) in [6, 6.07) is 24.5. The predicted molar refractivity (Wildman–Crippen MR) is 132 cm³/mol. The van der Waals surface area contributed by atoms with Gasteiger partial charge in [0.1, 0.15) is 5.82 Å². The zero-order chi connectivity index (χ0) is 22.8. The molecule has 0 saturated carbocycles. The first kappa shape index (κ1) is 21.5. The van der Waals surface area contributed by atoms with Gasteiger partial charge in [0.2, 0.25) is 0 Å². The van der Waals surface area contributed by atoms with Crippen molar-refractivity contribution in [3.8, 4) is 22.3 Å². The van der Waals surface area contributed by atoms with E-state index in [0.717, 1.165) is 23.1 Å². The number of benzene rings is 4. The Kier molecular flexibility index (Phi) is 5.93. The summed E-state index contributed by atoms with van der Waals surface area (Å²) in [6.07, 6.45) is 0.792. The Bertz CT molecular complexity index is 1360. The molecule has 0 saturated heterocycles. The molecule has 0 bridgehead atoms. The van der Waals surface area contributed by atoms with E-state index in [-0.39, 0.29) is 5.82 Å². The van der Waals surface area contributed by atoms with Gasteiger partial charge < -0.3 is 0 Å². The van der Waals surface area contributed by atoms with Crippen LogP contribution in [0.5, 0.6) is 0 Å². The molecule has 4 aromatic rings. The highest BCUT2D eigenvalue weighted by Crippen LogP contribution is 2.33. The Morgan fingerprint density at radius 3 is 1.72 bits per heavy atom. The number of rotatable bonds is 4. The van der Waals surface area contributed by atoms with Crippen LogP contribution < -0.4 is 0 Å². The molecule has 0 aliphatic rings. The largest absolute Gasteiger partial charge is 0.238 e. The molecule has 4 aromatic carbocycles. The first-order valence-corrected chi connectivity index (χ1v) is 10.8. The fourth-order valence-corrected chi connectivity index (χ4v) is 4.32. The van der Waals surface area contributed by atoms with Gasteiger partial charge in [0, 0.05) is 0 Å². The Morgan fingerprint density at radius 2 is 1.16 bits per heavy atom. The van der Waals surface area contributed by atoms with Crippen molar-refractivity contribution in [3.05, 3.63) is 123 Å². The van der Waals surface area contributed by atoms with Crippen LogP contribution in [0.3, 0.4) is 0 Å². The highest BCUT2D eigenvalue weighted by molar-refractivity contribution is 5.76. The van der Waals surface area contributed by atoms with E-state index in [1.54, 1.807) is 13.0 Å². The average molecular weight is 420 g/mol. The van der Waals surface area contributed by atoms with Crippen LogP contribution in [0.1, 0.15) is 33.4 Å². The van der Waals surface area contributed by atoms with Crippen molar-refractivity contribution in [3.63, 3.8) is 0 Å². The molecule has 0 N–H and O–H groups in total. The molecular weight excluding hydrogens is 393 g/mol. The zero-order valence-corrected chi connectivity index (χ0v) is 19.0. The molecule has 0 atom stereocenters. The molecule has 0 fully saturated rings. The Labute approximate surface area is 190 Å². The smallest absolute Gasteiger partial charge is 0.190 e. The van der Waals surface area contributed by atoms with E-state index in [0.29, 0.717) is 11.3 Å². The van der Waals surface area contributed by atoms with E-state index >= 15 is 0 Å². The van der Waals surface area contributed by atoms with Gasteiger partial charge >= 0.3 is 0 Å². The molecule has 158 valence electrons. The second-order valence-electron chi connectivity index (χ2n) is 8.55. The lowest BCUT2D eigenvalue weighted by molar-refractivity contribution is 0.618. The highest BCUT2D eigenvalue weighted by Gasteiger charge is 2.09. The number of aryl methyl sites for hydroxylation is 4. The topological polar surface area (TPSA) is 4.36 Å². The SMILES string of the molecule is [C-]#[N+]c1ccc(-c2ccc(-c3ccc(Cc4ccc(F)c(C)c4)cc3C)cc2C)cc1C. The normalized spacial score (nSPS) is 10.8. The summed E-state index contributed by atoms with van der Waals surface area (Å²) >= 11 is 0. The van der Waals surface area contributed by atoms with Crippen LogP contribution in [-0.4, -0.2) is 0 Å². The number of nitrogens with zero attached hydrogens (tertiary/aromatic N) is 1. The van der Waals surface area contributed by atoms with Crippen LogP contribution in [0.4, 0.5) is 10.1 Å². The minimum Gasteiger partial charge on any atom is -0.238 e. The van der Waals surface area contributed by atoms with E-state index < -0.39 is 0 Å². The second kappa shape index (κ2) is 8.81. The molecule has 4 rings (SSSR count). The van der Waals surface area contributed by atoms with Crippen LogP contribution in [0.2, 0.25) is 0 Å². The van der Waals surface area contributed by atoms with Crippen molar-refractivity contribution in [2.75, 3.05) is 0 Å². The Hall–Kier alpha value is -3.70. The van der Waals surface area contributed by atoms with Crippen LogP contribution in [-0.2, 0) is 6.42 Å². The summed E-state index contributed by atoms with van der Waals surface area (Å²) in [4.78, 5) is 3.57. The van der Waals surface area contributed by atoms with Crippen molar-refractivity contribution in [2.24, 2.45) is 0 Å². The van der Waals surface area contributed by atoms with Crippen molar-refractivity contribution in [1.29, 1.82) is 0 Å². The summed E-state index contributed by atoms with van der Waals surface area (Å²) in [7, 11) is 0. The lowest BCUT2D eigenvalue weighted by Gasteiger charge is -2.13. The van der Waals surface area contributed by atoms with Crippen LogP contribution in [0, 0.1) is 40.1 Å². The first-order valence-electron chi connectivity index (χ1n) is 10.8. The van der Waals surface area contributed by atoms with Gasteiger partial charge in [-0.15, -0.1) is 0 Å². The zero-order valence-electron chi connectivity index (χ0n) is 19.0. The minimum absolute atomic E-state index is 0.156. The van der Waals surface area contributed by atoms with Crippen LogP contribution in [0.15, 0.2) is 72.8 Å². The molecule has 0 radical (unpaired) electrons. The molecule has 1 nitrogen and oxygen atoms in total. The molecule has 32 heavy (non-hydrogen) atoms. The van der Waals surface area contributed by atoms with E-state index in [4.69, 9.17) is 6.57 Å². The maximum absolute atomic E-state index is 13.6. The van der Waals surface area contributed by atoms with Gasteiger partial charge in [0.25, 0.3) is 0 Å².